The predicted octanol–water partition coefficient (Wildman–Crippen LogP) is 5.25. The number of para-hydroxylation sites is 3. The molecule has 7 nitrogen and oxygen atoms in total. The van der Waals surface area contributed by atoms with E-state index >= 15 is 0 Å². The lowest BCUT2D eigenvalue weighted by molar-refractivity contribution is -0.115. The zero-order chi connectivity index (χ0) is 25.2. The van der Waals surface area contributed by atoms with E-state index in [1.165, 1.54) is 17.3 Å². The molecule has 0 atom stereocenters. The maximum Gasteiger partial charge on any atom is 0.295 e. The lowest BCUT2D eigenvalue weighted by Gasteiger charge is -2.10. The molecular weight excluding hydrogens is 470 g/mol. The van der Waals surface area contributed by atoms with E-state index in [1.54, 1.807) is 9.36 Å². The van der Waals surface area contributed by atoms with Crippen molar-refractivity contribution in [1.82, 2.24) is 18.9 Å². The smallest absolute Gasteiger partial charge is 0.295 e. The Morgan fingerprint density at radius 1 is 0.944 bits per heavy atom. The fourth-order valence-corrected chi connectivity index (χ4v) is 5.23. The molecule has 0 unspecified atom stereocenters. The van der Waals surface area contributed by atoms with Gasteiger partial charge in [0.1, 0.15) is 5.69 Å². The van der Waals surface area contributed by atoms with Crippen LogP contribution in [0, 0.1) is 13.8 Å². The Morgan fingerprint density at radius 3 is 2.44 bits per heavy atom. The van der Waals surface area contributed by atoms with Crippen LogP contribution >= 0.6 is 11.8 Å². The fourth-order valence-electron chi connectivity index (χ4n) is 4.27. The number of amides is 1. The second-order valence-corrected chi connectivity index (χ2v) is 9.70. The van der Waals surface area contributed by atoms with Crippen LogP contribution in [0.4, 0.5) is 5.69 Å². The zero-order valence-corrected chi connectivity index (χ0v) is 21.2. The lowest BCUT2D eigenvalue weighted by Crippen LogP contribution is -2.23. The number of nitrogens with zero attached hydrogens (tertiary/aromatic N) is 4. The first-order valence-corrected chi connectivity index (χ1v) is 12.7. The molecule has 1 amide bonds. The van der Waals surface area contributed by atoms with Crippen LogP contribution in [0.5, 0.6) is 0 Å². The van der Waals surface area contributed by atoms with Gasteiger partial charge in [-0.2, -0.15) is 0 Å². The Labute approximate surface area is 213 Å². The first-order chi connectivity index (χ1) is 17.4. The summed E-state index contributed by atoms with van der Waals surface area (Å²) in [5, 5.41) is 3.67. The summed E-state index contributed by atoms with van der Waals surface area (Å²) < 4.78 is 5.45. The molecule has 36 heavy (non-hydrogen) atoms. The molecule has 0 saturated heterocycles. The van der Waals surface area contributed by atoms with Gasteiger partial charge in [-0.15, -0.1) is 0 Å². The van der Waals surface area contributed by atoms with Gasteiger partial charge in [-0.25, -0.2) is 9.67 Å². The van der Waals surface area contributed by atoms with Crippen LogP contribution in [0.15, 0.2) is 88.8 Å². The third-order valence-electron chi connectivity index (χ3n) is 6.17. The van der Waals surface area contributed by atoms with Crippen molar-refractivity contribution in [3.05, 3.63) is 100 Å². The van der Waals surface area contributed by atoms with Crippen LogP contribution in [0.1, 0.15) is 17.7 Å². The first kappa shape index (κ1) is 23.7. The average molecular weight is 498 g/mol. The summed E-state index contributed by atoms with van der Waals surface area (Å²) in [6.07, 6.45) is 0.251. The second kappa shape index (κ2) is 9.91. The third kappa shape index (κ3) is 4.47. The summed E-state index contributed by atoms with van der Waals surface area (Å²) in [5.74, 6) is 0.325. The maximum atomic E-state index is 13.1. The number of thioether (sulfide) groups is 1. The van der Waals surface area contributed by atoms with Gasteiger partial charge in [0.25, 0.3) is 5.56 Å². The number of fused-ring (bicyclic) bond motifs is 1. The summed E-state index contributed by atoms with van der Waals surface area (Å²) in [6.45, 7) is 3.90. The summed E-state index contributed by atoms with van der Waals surface area (Å²) in [7, 11) is 1.81. The number of carbonyl (C=O) groups is 1. The number of anilines is 1. The van der Waals surface area contributed by atoms with E-state index < -0.39 is 0 Å². The van der Waals surface area contributed by atoms with E-state index in [9.17, 15) is 9.59 Å². The van der Waals surface area contributed by atoms with Gasteiger partial charge in [0.15, 0.2) is 5.16 Å². The molecule has 0 radical (unpaired) electrons. The quantitative estimate of drug-likeness (QED) is 0.312. The number of imidazole rings is 1. The van der Waals surface area contributed by atoms with E-state index in [4.69, 9.17) is 4.98 Å². The van der Waals surface area contributed by atoms with Crippen molar-refractivity contribution >= 4 is 34.4 Å². The van der Waals surface area contributed by atoms with Gasteiger partial charge >= 0.3 is 0 Å². The van der Waals surface area contributed by atoms with Crippen LogP contribution in [0.25, 0.3) is 22.4 Å². The van der Waals surface area contributed by atoms with Crippen molar-refractivity contribution in [1.29, 1.82) is 0 Å². The molecular formula is C28H27N5O2S. The first-order valence-electron chi connectivity index (χ1n) is 11.8. The highest BCUT2D eigenvalue weighted by Crippen LogP contribution is 2.29. The average Bonchev–Trinajstić information content (AvgIpc) is 3.34. The number of benzene rings is 3. The molecule has 0 fully saturated rings. The number of aryl methyl sites for hydroxylation is 1. The summed E-state index contributed by atoms with van der Waals surface area (Å²) in [5.41, 5.74) is 5.65. The number of aromatic nitrogens is 4. The van der Waals surface area contributed by atoms with E-state index in [0.29, 0.717) is 17.1 Å². The van der Waals surface area contributed by atoms with Crippen LogP contribution in [-0.2, 0) is 11.8 Å². The predicted molar refractivity (Wildman–Crippen MR) is 146 cm³/mol. The molecule has 0 aliphatic heterocycles. The van der Waals surface area contributed by atoms with Crippen molar-refractivity contribution in [2.45, 2.75) is 25.4 Å². The number of hydrogen-bond donors (Lipinski definition) is 1. The lowest BCUT2D eigenvalue weighted by atomic mass is 10.2. The number of rotatable bonds is 7. The molecule has 0 saturated carbocycles. The van der Waals surface area contributed by atoms with Gasteiger partial charge < -0.3 is 5.32 Å². The molecule has 0 bridgehead atoms. The molecule has 182 valence electrons. The monoisotopic (exact) mass is 497 g/mol. The van der Waals surface area contributed by atoms with E-state index in [0.717, 1.165) is 27.6 Å². The van der Waals surface area contributed by atoms with Crippen molar-refractivity contribution in [2.75, 3.05) is 11.1 Å². The highest BCUT2D eigenvalue weighted by molar-refractivity contribution is 7.99. The van der Waals surface area contributed by atoms with Crippen LogP contribution < -0.4 is 10.9 Å². The molecule has 3 aromatic carbocycles. The van der Waals surface area contributed by atoms with Crippen molar-refractivity contribution in [3.8, 4) is 11.4 Å². The van der Waals surface area contributed by atoms with Crippen LogP contribution in [-0.4, -0.2) is 30.6 Å². The SMILES string of the molecule is Cc1cccc(-n2c(SCCC(=O)Nc3c(C)n(C)n(-c4ccccc4)c3=O)nc3ccccc32)c1. The minimum atomic E-state index is -0.247. The van der Waals surface area contributed by atoms with Gasteiger partial charge in [-0.3, -0.25) is 18.8 Å². The van der Waals surface area contributed by atoms with Gasteiger partial charge in [0.05, 0.1) is 22.4 Å². The molecule has 5 rings (SSSR count). The molecule has 2 aromatic heterocycles. The highest BCUT2D eigenvalue weighted by atomic mass is 32.2. The molecule has 8 heteroatoms. The Hall–Kier alpha value is -4.04. The van der Waals surface area contributed by atoms with Crippen LogP contribution in [0.3, 0.4) is 0 Å². The Bertz CT molecular complexity index is 1610. The fraction of sp³-hybridized carbons (Fsp3) is 0.179. The van der Waals surface area contributed by atoms with E-state index in [1.807, 2.05) is 68.6 Å². The maximum absolute atomic E-state index is 13.1. The highest BCUT2D eigenvalue weighted by Gasteiger charge is 2.19. The molecule has 0 spiro atoms. The van der Waals surface area contributed by atoms with E-state index in [-0.39, 0.29) is 17.9 Å². The van der Waals surface area contributed by atoms with Crippen LogP contribution in [0.2, 0.25) is 0 Å². The topological polar surface area (TPSA) is 73.8 Å². The Balaban J connectivity index is 1.33. The van der Waals surface area contributed by atoms with Crippen molar-refractivity contribution < 1.29 is 4.79 Å². The number of carbonyl (C=O) groups excluding carboxylic acids is 1. The summed E-state index contributed by atoms with van der Waals surface area (Å²) >= 11 is 1.53. The Morgan fingerprint density at radius 2 is 1.67 bits per heavy atom. The third-order valence-corrected chi connectivity index (χ3v) is 7.11. The van der Waals surface area contributed by atoms with Gasteiger partial charge in [-0.05, 0) is 55.8 Å². The van der Waals surface area contributed by atoms with Crippen molar-refractivity contribution in [2.24, 2.45) is 7.05 Å². The number of hydrogen-bond acceptors (Lipinski definition) is 4. The zero-order valence-electron chi connectivity index (χ0n) is 20.4. The summed E-state index contributed by atoms with van der Waals surface area (Å²) in [4.78, 5) is 30.7. The molecule has 2 heterocycles. The van der Waals surface area contributed by atoms with Gasteiger partial charge in [0.2, 0.25) is 5.91 Å². The van der Waals surface area contributed by atoms with Crippen molar-refractivity contribution in [3.63, 3.8) is 0 Å². The number of nitrogens with one attached hydrogen (secondary N) is 1. The standard InChI is InChI=1S/C28H27N5O2S/c1-19-10-9-13-22(18-19)32-24-15-8-7-14-23(24)29-28(32)36-17-16-25(34)30-26-20(2)31(3)33(27(26)35)21-11-5-4-6-12-21/h4-15,18H,16-17H2,1-3H3,(H,30,34). The molecule has 0 aliphatic carbocycles. The summed E-state index contributed by atoms with van der Waals surface area (Å²) in [6, 6.07) is 25.7. The normalized spacial score (nSPS) is 11.2. The van der Waals surface area contributed by atoms with Gasteiger partial charge in [-0.1, -0.05) is 54.2 Å². The Kier molecular flexibility index (Phi) is 6.52. The molecule has 0 aliphatic rings. The molecule has 5 aromatic rings. The second-order valence-electron chi connectivity index (χ2n) is 8.64. The largest absolute Gasteiger partial charge is 0.320 e. The van der Waals surface area contributed by atoms with Gasteiger partial charge in [0, 0.05) is 24.9 Å². The van der Waals surface area contributed by atoms with E-state index in [2.05, 4.69) is 41.1 Å². The minimum absolute atomic E-state index is 0.202. The minimum Gasteiger partial charge on any atom is -0.320 e. The molecule has 1 N–H and O–H groups in total.